The van der Waals surface area contributed by atoms with Crippen molar-refractivity contribution < 1.29 is 40.6 Å². The standard InChI is InChI=1S/C25H35N4O4.BrH/c1-18(30-3)23-27-28(17-20-13-9-7-10-14-20)24(19(2)31-4)29(23)26-22(25(32-5)33-6)21-15-11-8-12-16-21;/h7-16,18-19,22,25-26H,17H2,1-6H3;1H/q+1;/p-1. The highest BCUT2D eigenvalue weighted by molar-refractivity contribution is 5.23. The molecule has 1 aromatic heterocycles. The number of aromatic nitrogens is 3. The molecule has 3 rings (SSSR count). The molecule has 0 aliphatic heterocycles. The van der Waals surface area contributed by atoms with Crippen LogP contribution in [0, 0.1) is 0 Å². The minimum atomic E-state index is -0.534. The Kier molecular flexibility index (Phi) is 11.1. The number of nitrogens with zero attached hydrogens (tertiary/aromatic N) is 3. The number of ether oxygens (including phenoxy) is 4. The minimum Gasteiger partial charge on any atom is -1.00 e. The lowest BCUT2D eigenvalue weighted by molar-refractivity contribution is -0.754. The van der Waals surface area contributed by atoms with Crippen molar-refractivity contribution in [1.29, 1.82) is 0 Å². The Morgan fingerprint density at radius 1 is 0.824 bits per heavy atom. The summed E-state index contributed by atoms with van der Waals surface area (Å²) >= 11 is 0. The fourth-order valence-electron chi connectivity index (χ4n) is 3.78. The average molecular weight is 535 g/mol. The van der Waals surface area contributed by atoms with Crippen LogP contribution in [0.15, 0.2) is 60.7 Å². The smallest absolute Gasteiger partial charge is 0.331 e. The molecule has 1 N–H and O–H groups in total. The molecule has 3 unspecified atom stereocenters. The van der Waals surface area contributed by atoms with E-state index in [1.54, 1.807) is 28.4 Å². The van der Waals surface area contributed by atoms with Gasteiger partial charge in [0.15, 0.2) is 12.4 Å². The van der Waals surface area contributed by atoms with Crippen LogP contribution in [0.1, 0.15) is 54.9 Å². The van der Waals surface area contributed by atoms with Gasteiger partial charge in [-0.25, -0.2) is 5.43 Å². The molecule has 0 aliphatic carbocycles. The molecule has 0 bridgehead atoms. The van der Waals surface area contributed by atoms with Crippen molar-refractivity contribution in [2.75, 3.05) is 33.9 Å². The average Bonchev–Trinajstić information content (AvgIpc) is 3.21. The van der Waals surface area contributed by atoms with Gasteiger partial charge in [0.1, 0.15) is 18.7 Å². The highest BCUT2D eigenvalue weighted by Gasteiger charge is 2.36. The normalized spacial score (nSPS) is 13.9. The molecule has 1 heterocycles. The second kappa shape index (κ2) is 13.6. The zero-order chi connectivity index (χ0) is 23.8. The third-order valence-corrected chi connectivity index (χ3v) is 5.72. The molecule has 0 fully saturated rings. The van der Waals surface area contributed by atoms with Crippen LogP contribution in [0.25, 0.3) is 0 Å². The summed E-state index contributed by atoms with van der Waals surface area (Å²) in [5.41, 5.74) is 5.75. The zero-order valence-electron chi connectivity index (χ0n) is 20.6. The highest BCUT2D eigenvalue weighted by atomic mass is 79.9. The van der Waals surface area contributed by atoms with Crippen LogP contribution in [-0.2, 0) is 25.5 Å². The summed E-state index contributed by atoms with van der Waals surface area (Å²) in [6.45, 7) is 4.56. The Morgan fingerprint density at radius 3 is 1.91 bits per heavy atom. The monoisotopic (exact) mass is 534 g/mol. The van der Waals surface area contributed by atoms with E-state index in [0.29, 0.717) is 6.54 Å². The summed E-state index contributed by atoms with van der Waals surface area (Å²) in [6, 6.07) is 20.0. The van der Waals surface area contributed by atoms with Gasteiger partial charge < -0.3 is 35.9 Å². The summed E-state index contributed by atoms with van der Waals surface area (Å²) < 4.78 is 26.6. The largest absolute Gasteiger partial charge is 1.00 e. The Morgan fingerprint density at radius 2 is 1.38 bits per heavy atom. The molecule has 0 radical (unpaired) electrons. The lowest BCUT2D eigenvalue weighted by Crippen LogP contribution is -3.00. The van der Waals surface area contributed by atoms with Gasteiger partial charge in [0.2, 0.25) is 0 Å². The van der Waals surface area contributed by atoms with E-state index in [1.165, 1.54) is 0 Å². The first-order valence-corrected chi connectivity index (χ1v) is 11.0. The third kappa shape index (κ3) is 6.43. The Bertz CT molecular complexity index is 983. The maximum Gasteiger partial charge on any atom is 0.331 e. The van der Waals surface area contributed by atoms with Crippen molar-refractivity contribution in [3.05, 3.63) is 83.4 Å². The van der Waals surface area contributed by atoms with Gasteiger partial charge in [-0.15, -0.1) is 9.36 Å². The molecular weight excluding hydrogens is 500 g/mol. The predicted molar refractivity (Wildman–Crippen MR) is 125 cm³/mol. The molecule has 8 nitrogen and oxygen atoms in total. The van der Waals surface area contributed by atoms with Gasteiger partial charge in [-0.1, -0.05) is 60.7 Å². The quantitative estimate of drug-likeness (QED) is 0.270. The number of nitrogens with one attached hydrogen (secondary N) is 1. The van der Waals surface area contributed by atoms with E-state index >= 15 is 0 Å². The molecule has 0 aliphatic rings. The molecule has 0 saturated carbocycles. The molecule has 186 valence electrons. The first kappa shape index (κ1) is 27.9. The van der Waals surface area contributed by atoms with Crippen molar-refractivity contribution in [2.24, 2.45) is 0 Å². The topological polar surface area (TPSA) is 70.7 Å². The van der Waals surface area contributed by atoms with Crippen LogP contribution in [0.4, 0.5) is 0 Å². The Labute approximate surface area is 212 Å². The summed E-state index contributed by atoms with van der Waals surface area (Å²) in [7, 11) is 6.63. The summed E-state index contributed by atoms with van der Waals surface area (Å²) in [5.74, 6) is 1.58. The molecule has 3 aromatic rings. The minimum absolute atomic E-state index is 0. The van der Waals surface area contributed by atoms with Crippen molar-refractivity contribution in [2.45, 2.75) is 44.9 Å². The van der Waals surface area contributed by atoms with E-state index < -0.39 is 6.29 Å². The maximum absolute atomic E-state index is 5.76. The molecule has 34 heavy (non-hydrogen) atoms. The van der Waals surface area contributed by atoms with Gasteiger partial charge in [-0.3, -0.25) is 0 Å². The fraction of sp³-hybridized carbons (Fsp3) is 0.440. The lowest BCUT2D eigenvalue weighted by atomic mass is 10.1. The van der Waals surface area contributed by atoms with Crippen LogP contribution >= 0.6 is 0 Å². The van der Waals surface area contributed by atoms with Crippen LogP contribution in [0.3, 0.4) is 0 Å². The molecule has 3 atom stereocenters. The molecule has 0 spiro atoms. The summed E-state index contributed by atoms with van der Waals surface area (Å²) in [5, 5.41) is 4.93. The lowest BCUT2D eigenvalue weighted by Gasteiger charge is -2.26. The van der Waals surface area contributed by atoms with Gasteiger partial charge in [0, 0.05) is 28.4 Å². The highest BCUT2D eigenvalue weighted by Crippen LogP contribution is 2.25. The SMILES string of the molecule is COC(C)c1n[n+](Cc2ccccc2)c(C(C)OC)n1NC(c1ccccc1)C(OC)OC.[Br-]. The first-order chi connectivity index (χ1) is 16.0. The number of halogens is 1. The first-order valence-electron chi connectivity index (χ1n) is 11.0. The van der Waals surface area contributed by atoms with Gasteiger partial charge in [-0.05, 0) is 30.1 Å². The van der Waals surface area contributed by atoms with Crippen molar-refractivity contribution in [3.63, 3.8) is 0 Å². The molecule has 0 saturated heterocycles. The number of benzene rings is 2. The molecular formula is C25H35BrN4O4. The third-order valence-electron chi connectivity index (χ3n) is 5.72. The predicted octanol–water partition coefficient (Wildman–Crippen LogP) is 0.541. The van der Waals surface area contributed by atoms with Gasteiger partial charge >= 0.3 is 5.82 Å². The van der Waals surface area contributed by atoms with Crippen molar-refractivity contribution >= 4 is 0 Å². The van der Waals surface area contributed by atoms with E-state index in [-0.39, 0.29) is 35.2 Å². The van der Waals surface area contributed by atoms with E-state index in [2.05, 4.69) is 17.6 Å². The summed E-state index contributed by atoms with van der Waals surface area (Å²) in [4.78, 5) is 0. The van der Waals surface area contributed by atoms with Gasteiger partial charge in [0.25, 0.3) is 5.82 Å². The number of hydrogen-bond donors (Lipinski definition) is 1. The molecule has 2 aromatic carbocycles. The van der Waals surface area contributed by atoms with Crippen molar-refractivity contribution in [3.8, 4) is 0 Å². The van der Waals surface area contributed by atoms with Crippen molar-refractivity contribution in [1.82, 2.24) is 9.77 Å². The van der Waals surface area contributed by atoms with Crippen LogP contribution in [0.5, 0.6) is 0 Å². The van der Waals surface area contributed by atoms with Gasteiger partial charge in [-0.2, -0.15) is 0 Å². The zero-order valence-corrected chi connectivity index (χ0v) is 22.2. The second-order valence-electron chi connectivity index (χ2n) is 7.81. The van der Waals surface area contributed by atoms with Gasteiger partial charge in [0.05, 0.1) is 0 Å². The number of hydrogen-bond acceptors (Lipinski definition) is 6. The number of methoxy groups -OCH3 is 4. The Balaban J connectivity index is 0.00000408. The van der Waals surface area contributed by atoms with Crippen LogP contribution in [0.2, 0.25) is 0 Å². The van der Waals surface area contributed by atoms with Crippen LogP contribution < -0.4 is 27.1 Å². The van der Waals surface area contributed by atoms with Crippen LogP contribution in [-0.4, -0.2) is 44.5 Å². The number of rotatable bonds is 12. The maximum atomic E-state index is 5.76. The van der Waals surface area contributed by atoms with E-state index in [1.807, 2.05) is 71.7 Å². The second-order valence-corrected chi connectivity index (χ2v) is 7.81. The Hall–Kier alpha value is -2.30. The van der Waals surface area contributed by atoms with E-state index in [4.69, 9.17) is 24.0 Å². The fourth-order valence-corrected chi connectivity index (χ4v) is 3.78. The molecule has 0 amide bonds. The van der Waals surface area contributed by atoms with E-state index in [0.717, 1.165) is 22.8 Å². The summed E-state index contributed by atoms with van der Waals surface area (Å²) in [6.07, 6.45) is -1.04. The van der Waals surface area contributed by atoms with E-state index in [9.17, 15) is 0 Å². The molecule has 9 heteroatoms.